The molecule has 1 aliphatic rings. The van der Waals surface area contributed by atoms with Crippen LogP contribution in [0.4, 0.5) is 4.79 Å². The minimum Gasteiger partial charge on any atom is -0.435 e. The molecular formula is C19H24NO6S2+. The van der Waals surface area contributed by atoms with Crippen LogP contribution in [0.25, 0.3) is 0 Å². The zero-order chi connectivity index (χ0) is 20.9. The molecule has 0 bridgehead atoms. The number of carboxylic acid groups (broad SMARTS) is 1. The van der Waals surface area contributed by atoms with Crippen LogP contribution in [0.1, 0.15) is 33.6 Å². The van der Waals surface area contributed by atoms with Gasteiger partial charge in [0.15, 0.2) is 5.12 Å². The van der Waals surface area contributed by atoms with E-state index in [1.54, 1.807) is 19.1 Å². The SMILES string of the molecule is CC(=O)Oc1ccc(S[C@@H]2C[C@@H](C)[N@@+](C(=O)O)(C(=O)CCSC(C)=O)C2)cc1. The molecule has 0 aromatic heterocycles. The first-order chi connectivity index (χ1) is 13.1. The molecule has 1 heterocycles. The highest BCUT2D eigenvalue weighted by Crippen LogP contribution is 2.38. The zero-order valence-electron chi connectivity index (χ0n) is 16.0. The van der Waals surface area contributed by atoms with Gasteiger partial charge >= 0.3 is 18.0 Å². The smallest absolute Gasteiger partial charge is 0.435 e. The van der Waals surface area contributed by atoms with Crippen molar-refractivity contribution < 1.29 is 33.5 Å². The number of hydrogen-bond acceptors (Lipinski definition) is 7. The van der Waals surface area contributed by atoms with Crippen molar-refractivity contribution in [3.63, 3.8) is 0 Å². The summed E-state index contributed by atoms with van der Waals surface area (Å²) in [6, 6.07) is 6.65. The first-order valence-electron chi connectivity index (χ1n) is 8.88. The first kappa shape index (κ1) is 22.4. The van der Waals surface area contributed by atoms with Crippen molar-refractivity contribution in [1.82, 2.24) is 0 Å². The molecule has 152 valence electrons. The molecular weight excluding hydrogens is 402 g/mol. The van der Waals surface area contributed by atoms with Gasteiger partial charge in [-0.3, -0.25) is 9.59 Å². The quantitative estimate of drug-likeness (QED) is 0.419. The van der Waals surface area contributed by atoms with Crippen LogP contribution < -0.4 is 4.74 Å². The number of ether oxygens (including phenoxy) is 1. The maximum Gasteiger partial charge on any atom is 0.521 e. The summed E-state index contributed by atoms with van der Waals surface area (Å²) in [4.78, 5) is 47.8. The molecule has 1 aliphatic heterocycles. The van der Waals surface area contributed by atoms with E-state index in [4.69, 9.17) is 4.74 Å². The molecule has 2 amide bonds. The molecule has 0 radical (unpaired) electrons. The standard InChI is InChI=1S/C19H23NO6S2/c1-12-10-17(28-16-6-4-15(5-7-16)26-13(2)21)11-20(12,19(24)25)18(23)8-9-27-14(3)22/h4-7,12,17H,8-11H2,1-3H3/p+1/t12-,17-,20-/m1/s1. The van der Waals surface area contributed by atoms with Crippen LogP contribution in [0.15, 0.2) is 29.2 Å². The van der Waals surface area contributed by atoms with Crippen molar-refractivity contribution in [2.45, 2.75) is 49.8 Å². The number of esters is 1. The van der Waals surface area contributed by atoms with Crippen LogP contribution in [0.2, 0.25) is 0 Å². The summed E-state index contributed by atoms with van der Waals surface area (Å²) in [5, 5.41) is 9.72. The van der Waals surface area contributed by atoms with Gasteiger partial charge in [0.1, 0.15) is 18.3 Å². The molecule has 2 rings (SSSR count). The highest BCUT2D eigenvalue weighted by atomic mass is 32.2. The number of benzene rings is 1. The van der Waals surface area contributed by atoms with E-state index in [2.05, 4.69) is 0 Å². The summed E-state index contributed by atoms with van der Waals surface area (Å²) in [6.45, 7) is 4.75. The van der Waals surface area contributed by atoms with Crippen molar-refractivity contribution in [3.8, 4) is 5.75 Å². The summed E-state index contributed by atoms with van der Waals surface area (Å²) in [6.07, 6.45) is -0.498. The Kier molecular flexibility index (Phi) is 7.68. The topological polar surface area (TPSA) is 97.7 Å². The monoisotopic (exact) mass is 426 g/mol. The molecule has 1 aromatic rings. The highest BCUT2D eigenvalue weighted by molar-refractivity contribution is 8.13. The summed E-state index contributed by atoms with van der Waals surface area (Å²) < 4.78 is 4.41. The maximum absolute atomic E-state index is 12.8. The Labute approximate surface area is 172 Å². The summed E-state index contributed by atoms with van der Waals surface area (Å²) in [7, 11) is 0. The lowest BCUT2D eigenvalue weighted by atomic mass is 10.2. The van der Waals surface area contributed by atoms with E-state index in [0.29, 0.717) is 17.9 Å². The average molecular weight is 427 g/mol. The third kappa shape index (κ3) is 5.36. The largest absolute Gasteiger partial charge is 0.521 e. The minimum atomic E-state index is -1.14. The van der Waals surface area contributed by atoms with Gasteiger partial charge in [0.05, 0.1) is 11.7 Å². The number of carbonyl (C=O) groups is 4. The highest BCUT2D eigenvalue weighted by Gasteiger charge is 2.56. The third-order valence-electron chi connectivity index (χ3n) is 4.64. The molecule has 0 saturated carbocycles. The Balaban J connectivity index is 2.07. The van der Waals surface area contributed by atoms with E-state index in [1.807, 2.05) is 12.1 Å². The van der Waals surface area contributed by atoms with Crippen LogP contribution in [-0.2, 0) is 14.4 Å². The molecule has 1 saturated heterocycles. The lowest BCUT2D eigenvalue weighted by Crippen LogP contribution is -2.59. The Morgan fingerprint density at radius 1 is 1.18 bits per heavy atom. The number of thioether (sulfide) groups is 2. The van der Waals surface area contributed by atoms with Gasteiger partial charge in [-0.25, -0.2) is 4.79 Å². The summed E-state index contributed by atoms with van der Waals surface area (Å²) >= 11 is 2.55. The second-order valence-corrected chi connectivity index (χ2v) is 9.35. The Morgan fingerprint density at radius 3 is 2.36 bits per heavy atom. The van der Waals surface area contributed by atoms with E-state index in [9.17, 15) is 24.3 Å². The van der Waals surface area contributed by atoms with E-state index in [0.717, 1.165) is 16.7 Å². The fraction of sp³-hybridized carbons (Fsp3) is 0.474. The van der Waals surface area contributed by atoms with Crippen molar-refractivity contribution in [1.29, 1.82) is 0 Å². The van der Waals surface area contributed by atoms with Crippen molar-refractivity contribution in [2.24, 2.45) is 0 Å². The number of quaternary nitrogens is 1. The van der Waals surface area contributed by atoms with Crippen LogP contribution in [0, 0.1) is 0 Å². The van der Waals surface area contributed by atoms with Crippen LogP contribution in [-0.4, -0.2) is 56.3 Å². The van der Waals surface area contributed by atoms with Gasteiger partial charge in [0.2, 0.25) is 0 Å². The normalized spacial score (nSPS) is 24.0. The molecule has 28 heavy (non-hydrogen) atoms. The number of rotatable bonds is 6. The zero-order valence-corrected chi connectivity index (χ0v) is 17.7. The van der Waals surface area contributed by atoms with Crippen molar-refractivity contribution in [2.75, 3.05) is 12.3 Å². The van der Waals surface area contributed by atoms with Gasteiger partial charge in [-0.05, 0) is 31.2 Å². The lowest BCUT2D eigenvalue weighted by Gasteiger charge is -2.29. The molecule has 0 spiro atoms. The van der Waals surface area contributed by atoms with E-state index >= 15 is 0 Å². The Hall–Kier alpha value is -1.84. The lowest BCUT2D eigenvalue weighted by molar-refractivity contribution is -0.792. The van der Waals surface area contributed by atoms with Crippen LogP contribution in [0.3, 0.4) is 0 Å². The second kappa shape index (κ2) is 9.58. The van der Waals surface area contributed by atoms with Gasteiger partial charge in [-0.1, -0.05) is 11.8 Å². The number of amides is 2. The third-order valence-corrected chi connectivity index (χ3v) is 6.68. The first-order valence-corrected chi connectivity index (χ1v) is 10.7. The van der Waals surface area contributed by atoms with Crippen molar-refractivity contribution >= 4 is 46.6 Å². The van der Waals surface area contributed by atoms with Crippen molar-refractivity contribution in [3.05, 3.63) is 24.3 Å². The summed E-state index contributed by atoms with van der Waals surface area (Å²) in [5.74, 6) is -0.00800. The van der Waals surface area contributed by atoms with E-state index in [1.165, 1.54) is 25.6 Å². The number of hydrogen-bond donors (Lipinski definition) is 1. The molecule has 1 N–H and O–H groups in total. The Bertz CT molecular complexity index is 766. The molecule has 7 nitrogen and oxygen atoms in total. The fourth-order valence-electron chi connectivity index (χ4n) is 3.37. The Morgan fingerprint density at radius 2 is 1.82 bits per heavy atom. The number of nitrogens with zero attached hydrogens (tertiary/aromatic N) is 1. The molecule has 9 heteroatoms. The van der Waals surface area contributed by atoms with Gasteiger partial charge < -0.3 is 9.84 Å². The second-order valence-electron chi connectivity index (χ2n) is 6.71. The van der Waals surface area contributed by atoms with Gasteiger partial charge in [-0.2, -0.15) is 9.28 Å². The van der Waals surface area contributed by atoms with Crippen LogP contribution >= 0.6 is 23.5 Å². The molecule has 3 atom stereocenters. The van der Waals surface area contributed by atoms with Gasteiger partial charge in [0, 0.05) is 30.9 Å². The predicted octanol–water partition coefficient (Wildman–Crippen LogP) is 3.56. The fourth-order valence-corrected chi connectivity index (χ4v) is 5.30. The molecule has 0 aliphatic carbocycles. The molecule has 1 aromatic carbocycles. The van der Waals surface area contributed by atoms with E-state index < -0.39 is 16.5 Å². The summed E-state index contributed by atoms with van der Waals surface area (Å²) in [5.41, 5.74) is 0. The number of carbonyl (C=O) groups excluding carboxylic acids is 3. The maximum atomic E-state index is 12.8. The minimum absolute atomic E-state index is 0.0323. The molecule has 0 unspecified atom stereocenters. The van der Waals surface area contributed by atoms with Crippen LogP contribution in [0.5, 0.6) is 5.75 Å². The van der Waals surface area contributed by atoms with Gasteiger partial charge in [0.25, 0.3) is 0 Å². The number of likely N-dealkylation sites (tertiary alicyclic amines) is 1. The predicted molar refractivity (Wildman–Crippen MR) is 107 cm³/mol. The molecule has 1 fully saturated rings. The van der Waals surface area contributed by atoms with E-state index in [-0.39, 0.29) is 35.3 Å². The average Bonchev–Trinajstić information content (AvgIpc) is 2.93. The number of imide groups is 1. The van der Waals surface area contributed by atoms with Gasteiger partial charge in [-0.15, -0.1) is 11.8 Å².